The first kappa shape index (κ1) is 27.2. The standard InChI is InChI=1S/C26H35N5O5/c1-6-19-8-9-20(23(12-19)36-11-7-10-35-5)14-27-25(33)22-13-21(32)16-30(22)26(34)24(17(2)3)31-15-18(4)28-29-31/h1,8-9,12,15,17,21-22,24,32H,7,10-11,13-14,16H2,2-5H3,(H,27,33)/t21-,22+,24+/m1/s1. The zero-order chi connectivity index (χ0) is 26.2. The van der Waals surface area contributed by atoms with Crippen LogP contribution in [-0.4, -0.2) is 75.8 Å². The largest absolute Gasteiger partial charge is 0.493 e. The lowest BCUT2D eigenvalue weighted by molar-refractivity contribution is -0.142. The number of β-amino-alcohol motifs (C(OH)–C–C–N with tert-alkyl or cyclic N) is 1. The number of amides is 2. The average Bonchev–Trinajstić information content (AvgIpc) is 3.45. The molecule has 194 valence electrons. The molecule has 0 spiro atoms. The highest BCUT2D eigenvalue weighted by Gasteiger charge is 2.42. The van der Waals surface area contributed by atoms with Crippen LogP contribution in [0.15, 0.2) is 24.4 Å². The van der Waals surface area contributed by atoms with E-state index in [4.69, 9.17) is 15.9 Å². The van der Waals surface area contributed by atoms with E-state index in [1.54, 1.807) is 32.4 Å². The maximum absolute atomic E-state index is 13.5. The van der Waals surface area contributed by atoms with E-state index in [1.165, 1.54) is 9.58 Å². The van der Waals surface area contributed by atoms with E-state index in [2.05, 4.69) is 21.5 Å². The first-order valence-corrected chi connectivity index (χ1v) is 12.1. The second-order valence-electron chi connectivity index (χ2n) is 9.30. The Hall–Kier alpha value is -3.42. The molecule has 2 N–H and O–H groups in total. The number of hydrogen-bond acceptors (Lipinski definition) is 7. The summed E-state index contributed by atoms with van der Waals surface area (Å²) >= 11 is 0. The zero-order valence-corrected chi connectivity index (χ0v) is 21.3. The number of terminal acetylenes is 1. The van der Waals surface area contributed by atoms with Crippen molar-refractivity contribution in [2.45, 2.75) is 58.3 Å². The van der Waals surface area contributed by atoms with Crippen LogP contribution in [0, 0.1) is 25.2 Å². The Morgan fingerprint density at radius 2 is 2.11 bits per heavy atom. The summed E-state index contributed by atoms with van der Waals surface area (Å²) in [6, 6.07) is 3.93. The van der Waals surface area contributed by atoms with Gasteiger partial charge in [-0.15, -0.1) is 11.5 Å². The molecular weight excluding hydrogens is 462 g/mol. The smallest absolute Gasteiger partial charge is 0.248 e. The van der Waals surface area contributed by atoms with E-state index in [0.29, 0.717) is 36.6 Å². The second-order valence-corrected chi connectivity index (χ2v) is 9.30. The molecule has 2 amide bonds. The molecule has 1 saturated heterocycles. The summed E-state index contributed by atoms with van der Waals surface area (Å²) in [5, 5.41) is 21.3. The third-order valence-electron chi connectivity index (χ3n) is 6.10. The molecule has 36 heavy (non-hydrogen) atoms. The number of aliphatic hydroxyl groups excluding tert-OH is 1. The molecule has 1 aliphatic rings. The monoisotopic (exact) mass is 497 g/mol. The fourth-order valence-electron chi connectivity index (χ4n) is 4.29. The number of methoxy groups -OCH3 is 1. The lowest BCUT2D eigenvalue weighted by Crippen LogP contribution is -2.49. The number of hydrogen-bond donors (Lipinski definition) is 2. The summed E-state index contributed by atoms with van der Waals surface area (Å²) in [6.07, 6.45) is 7.32. The van der Waals surface area contributed by atoms with E-state index >= 15 is 0 Å². The van der Waals surface area contributed by atoms with Gasteiger partial charge in [-0.3, -0.25) is 9.59 Å². The predicted octanol–water partition coefficient (Wildman–Crippen LogP) is 1.46. The van der Waals surface area contributed by atoms with Crippen LogP contribution < -0.4 is 10.1 Å². The summed E-state index contributed by atoms with van der Waals surface area (Å²) in [5.74, 6) is 2.47. The van der Waals surface area contributed by atoms with Crippen molar-refractivity contribution in [3.63, 3.8) is 0 Å². The molecule has 0 radical (unpaired) electrons. The molecule has 2 heterocycles. The molecule has 3 rings (SSSR count). The van der Waals surface area contributed by atoms with E-state index in [-0.39, 0.29) is 37.2 Å². The number of aryl methyl sites for hydroxylation is 1. The van der Waals surface area contributed by atoms with Gasteiger partial charge >= 0.3 is 0 Å². The van der Waals surface area contributed by atoms with Crippen LogP contribution in [0.25, 0.3) is 0 Å². The van der Waals surface area contributed by atoms with Crippen molar-refractivity contribution in [2.24, 2.45) is 5.92 Å². The van der Waals surface area contributed by atoms with Gasteiger partial charge in [-0.05, 0) is 25.0 Å². The SMILES string of the molecule is C#Cc1ccc(CNC(=O)[C@@H]2C[C@@H](O)CN2C(=O)[C@H](C(C)C)n2cc(C)nn2)c(OCCCOC)c1. The minimum Gasteiger partial charge on any atom is -0.493 e. The van der Waals surface area contributed by atoms with Crippen molar-refractivity contribution in [1.82, 2.24) is 25.2 Å². The Labute approximate surface area is 212 Å². The molecule has 10 heteroatoms. The maximum Gasteiger partial charge on any atom is 0.248 e. The van der Waals surface area contributed by atoms with Crippen LogP contribution in [0.2, 0.25) is 0 Å². The Bertz CT molecular complexity index is 1090. The molecule has 1 fully saturated rings. The second kappa shape index (κ2) is 12.5. The molecule has 0 unspecified atom stereocenters. The molecule has 0 saturated carbocycles. The lowest BCUT2D eigenvalue weighted by atomic mass is 10.0. The quantitative estimate of drug-likeness (QED) is 0.356. The summed E-state index contributed by atoms with van der Waals surface area (Å²) < 4.78 is 12.5. The normalized spacial score (nSPS) is 18.2. The molecule has 2 aromatic rings. The minimum absolute atomic E-state index is 0.0819. The summed E-state index contributed by atoms with van der Waals surface area (Å²) in [4.78, 5) is 28.2. The van der Waals surface area contributed by atoms with Gasteiger partial charge in [0.15, 0.2) is 0 Å². The van der Waals surface area contributed by atoms with Crippen LogP contribution in [0.5, 0.6) is 5.75 Å². The fraction of sp³-hybridized carbons (Fsp3) is 0.538. The topological polar surface area (TPSA) is 119 Å². The summed E-state index contributed by atoms with van der Waals surface area (Å²) in [6.45, 7) is 6.90. The number of aliphatic hydroxyl groups is 1. The van der Waals surface area contributed by atoms with Crippen molar-refractivity contribution < 1.29 is 24.2 Å². The third kappa shape index (κ3) is 6.62. The Morgan fingerprint density at radius 1 is 1.33 bits per heavy atom. The van der Waals surface area contributed by atoms with E-state index in [9.17, 15) is 14.7 Å². The van der Waals surface area contributed by atoms with Crippen molar-refractivity contribution >= 4 is 11.8 Å². The number of carbonyl (C=O) groups is 2. The number of benzene rings is 1. The van der Waals surface area contributed by atoms with Crippen molar-refractivity contribution in [3.8, 4) is 18.1 Å². The van der Waals surface area contributed by atoms with Crippen molar-refractivity contribution in [3.05, 3.63) is 41.2 Å². The maximum atomic E-state index is 13.5. The van der Waals surface area contributed by atoms with Crippen LogP contribution in [0.1, 0.15) is 49.6 Å². The van der Waals surface area contributed by atoms with Gasteiger partial charge in [0.1, 0.15) is 17.8 Å². The van der Waals surface area contributed by atoms with Gasteiger partial charge in [0.05, 0.1) is 18.4 Å². The summed E-state index contributed by atoms with van der Waals surface area (Å²) in [5.41, 5.74) is 2.13. The molecule has 1 aromatic heterocycles. The van der Waals surface area contributed by atoms with Crippen LogP contribution >= 0.6 is 0 Å². The van der Waals surface area contributed by atoms with Gasteiger partial charge in [0, 0.05) is 57.0 Å². The first-order valence-electron chi connectivity index (χ1n) is 12.1. The molecule has 10 nitrogen and oxygen atoms in total. The molecule has 0 bridgehead atoms. The molecule has 1 aromatic carbocycles. The lowest BCUT2D eigenvalue weighted by Gasteiger charge is -2.29. The number of nitrogens with one attached hydrogen (secondary N) is 1. The molecule has 0 aliphatic carbocycles. The van der Waals surface area contributed by atoms with Gasteiger partial charge in [-0.2, -0.15) is 0 Å². The van der Waals surface area contributed by atoms with Gasteiger partial charge < -0.3 is 24.8 Å². The number of rotatable bonds is 11. The minimum atomic E-state index is -0.797. The summed E-state index contributed by atoms with van der Waals surface area (Å²) in [7, 11) is 1.63. The average molecular weight is 498 g/mol. The van der Waals surface area contributed by atoms with E-state index in [1.807, 2.05) is 19.9 Å². The Balaban J connectivity index is 1.72. The van der Waals surface area contributed by atoms with Gasteiger partial charge in [-0.25, -0.2) is 4.68 Å². The molecular formula is C26H35N5O5. The Kier molecular flexibility index (Phi) is 9.44. The highest BCUT2D eigenvalue weighted by molar-refractivity contribution is 5.90. The van der Waals surface area contributed by atoms with Crippen molar-refractivity contribution in [1.29, 1.82) is 0 Å². The van der Waals surface area contributed by atoms with Crippen LogP contribution in [-0.2, 0) is 20.9 Å². The van der Waals surface area contributed by atoms with Gasteiger partial charge in [-0.1, -0.05) is 31.0 Å². The fourth-order valence-corrected chi connectivity index (χ4v) is 4.29. The third-order valence-corrected chi connectivity index (χ3v) is 6.10. The number of aromatic nitrogens is 3. The number of ether oxygens (including phenoxy) is 2. The number of likely N-dealkylation sites (tertiary alicyclic amines) is 1. The van der Waals surface area contributed by atoms with E-state index in [0.717, 1.165) is 5.56 Å². The first-order chi connectivity index (χ1) is 17.2. The number of carbonyl (C=O) groups excluding carboxylic acids is 2. The van der Waals surface area contributed by atoms with Gasteiger partial charge in [0.2, 0.25) is 11.8 Å². The zero-order valence-electron chi connectivity index (χ0n) is 21.3. The highest BCUT2D eigenvalue weighted by Crippen LogP contribution is 2.27. The van der Waals surface area contributed by atoms with Crippen LogP contribution in [0.4, 0.5) is 0 Å². The van der Waals surface area contributed by atoms with Crippen molar-refractivity contribution in [2.75, 3.05) is 26.9 Å². The van der Waals surface area contributed by atoms with Gasteiger partial charge in [0.25, 0.3) is 0 Å². The van der Waals surface area contributed by atoms with Crippen LogP contribution in [0.3, 0.4) is 0 Å². The highest BCUT2D eigenvalue weighted by atomic mass is 16.5. The molecule has 3 atom stereocenters. The predicted molar refractivity (Wildman–Crippen MR) is 133 cm³/mol. The Morgan fingerprint density at radius 3 is 2.75 bits per heavy atom. The van der Waals surface area contributed by atoms with E-state index < -0.39 is 18.2 Å². The number of nitrogens with zero attached hydrogens (tertiary/aromatic N) is 4. The molecule has 1 aliphatic heterocycles.